The predicted octanol–water partition coefficient (Wildman–Crippen LogP) is 2.37. The molecular formula is C10H14N2O2S. The monoisotopic (exact) mass is 226 g/mol. The van der Waals surface area contributed by atoms with Gasteiger partial charge in [-0.2, -0.15) is 4.37 Å². The van der Waals surface area contributed by atoms with Gasteiger partial charge in [-0.1, -0.05) is 6.92 Å². The molecule has 0 spiro atoms. The van der Waals surface area contributed by atoms with Gasteiger partial charge in [0.15, 0.2) is 0 Å². The lowest BCUT2D eigenvalue weighted by atomic mass is 10.00. The summed E-state index contributed by atoms with van der Waals surface area (Å²) in [7, 11) is 0. The van der Waals surface area contributed by atoms with Crippen LogP contribution in [0, 0.1) is 5.92 Å². The Morgan fingerprint density at radius 3 is 2.93 bits per heavy atom. The maximum atomic E-state index is 11.6. The molecule has 2 rings (SSSR count). The molecule has 1 aromatic heterocycles. The van der Waals surface area contributed by atoms with Gasteiger partial charge in [0, 0.05) is 24.5 Å². The van der Waals surface area contributed by atoms with E-state index in [2.05, 4.69) is 11.3 Å². The topological polar surface area (TPSA) is 42.4 Å². The van der Waals surface area contributed by atoms with Crippen molar-refractivity contribution in [3.8, 4) is 5.88 Å². The summed E-state index contributed by atoms with van der Waals surface area (Å²) in [5, 5.41) is 1.79. The summed E-state index contributed by atoms with van der Waals surface area (Å²) in [4.78, 5) is 13.4. The molecule has 1 aliphatic rings. The van der Waals surface area contributed by atoms with Crippen molar-refractivity contribution in [2.75, 3.05) is 13.1 Å². The molecule has 4 nitrogen and oxygen atoms in total. The van der Waals surface area contributed by atoms with Gasteiger partial charge in [0.25, 0.3) is 0 Å². The molecule has 82 valence electrons. The number of nitrogens with zero attached hydrogens (tertiary/aromatic N) is 2. The standard InChI is InChI=1S/C10H14N2O2S/c1-8-2-5-12(6-3-8)10(13)14-9-4-7-15-11-9/h4,7-8H,2-3,5-6H2,1H3. The van der Waals surface area contributed by atoms with Crippen molar-refractivity contribution in [2.24, 2.45) is 5.92 Å². The number of rotatable bonds is 1. The van der Waals surface area contributed by atoms with Crippen molar-refractivity contribution in [3.63, 3.8) is 0 Å². The molecule has 1 aromatic rings. The number of hydrogen-bond acceptors (Lipinski definition) is 4. The second kappa shape index (κ2) is 4.61. The van der Waals surface area contributed by atoms with Crippen LogP contribution in [-0.2, 0) is 0 Å². The Bertz CT molecular complexity index is 318. The molecule has 15 heavy (non-hydrogen) atoms. The number of aromatic nitrogens is 1. The summed E-state index contributed by atoms with van der Waals surface area (Å²) in [5.74, 6) is 1.12. The van der Waals surface area contributed by atoms with Gasteiger partial charge in [0.2, 0.25) is 5.88 Å². The van der Waals surface area contributed by atoms with Crippen LogP contribution in [0.4, 0.5) is 4.79 Å². The van der Waals surface area contributed by atoms with E-state index in [1.807, 2.05) is 0 Å². The first kappa shape index (κ1) is 10.4. The van der Waals surface area contributed by atoms with Crippen molar-refractivity contribution < 1.29 is 9.53 Å². The van der Waals surface area contributed by atoms with Crippen molar-refractivity contribution in [2.45, 2.75) is 19.8 Å². The largest absolute Gasteiger partial charge is 0.416 e. The van der Waals surface area contributed by atoms with Gasteiger partial charge < -0.3 is 9.64 Å². The number of likely N-dealkylation sites (tertiary alicyclic amines) is 1. The lowest BCUT2D eigenvalue weighted by Gasteiger charge is -2.28. The van der Waals surface area contributed by atoms with Crippen LogP contribution < -0.4 is 4.74 Å². The van der Waals surface area contributed by atoms with Crippen molar-refractivity contribution >= 4 is 17.6 Å². The summed E-state index contributed by atoms with van der Waals surface area (Å²) in [6.45, 7) is 3.80. The minimum atomic E-state index is -0.271. The molecule has 5 heteroatoms. The van der Waals surface area contributed by atoms with Crippen molar-refractivity contribution in [1.29, 1.82) is 0 Å². The van der Waals surface area contributed by atoms with Crippen LogP contribution in [0.5, 0.6) is 5.88 Å². The van der Waals surface area contributed by atoms with Crippen LogP contribution in [0.3, 0.4) is 0 Å². The van der Waals surface area contributed by atoms with Gasteiger partial charge in [-0.3, -0.25) is 0 Å². The number of ether oxygens (including phenoxy) is 1. The quantitative estimate of drug-likeness (QED) is 0.738. The highest BCUT2D eigenvalue weighted by Crippen LogP contribution is 2.17. The van der Waals surface area contributed by atoms with Gasteiger partial charge in [-0.25, -0.2) is 4.79 Å². The molecule has 0 bridgehead atoms. The highest BCUT2D eigenvalue weighted by Gasteiger charge is 2.22. The Hall–Kier alpha value is -1.10. The van der Waals surface area contributed by atoms with Gasteiger partial charge >= 0.3 is 6.09 Å². The SMILES string of the molecule is CC1CCN(C(=O)Oc2ccsn2)CC1. The molecule has 0 aliphatic carbocycles. The average Bonchev–Trinajstić information content (AvgIpc) is 2.71. The fraction of sp³-hybridized carbons (Fsp3) is 0.600. The van der Waals surface area contributed by atoms with Crippen LogP contribution in [0.2, 0.25) is 0 Å². The highest BCUT2D eigenvalue weighted by molar-refractivity contribution is 7.03. The third-order valence-corrected chi connectivity index (χ3v) is 3.19. The molecular weight excluding hydrogens is 212 g/mol. The van der Waals surface area contributed by atoms with Crippen molar-refractivity contribution in [3.05, 3.63) is 11.4 Å². The Balaban J connectivity index is 1.86. The van der Waals surface area contributed by atoms with Gasteiger partial charge in [0.05, 0.1) is 0 Å². The third-order valence-electron chi connectivity index (χ3n) is 2.65. The van der Waals surface area contributed by atoms with E-state index in [1.54, 1.807) is 16.3 Å². The lowest BCUT2D eigenvalue weighted by Crippen LogP contribution is -2.39. The van der Waals surface area contributed by atoms with Crippen LogP contribution >= 0.6 is 11.5 Å². The molecule has 0 saturated carbocycles. The third kappa shape index (κ3) is 2.68. The first-order valence-corrected chi connectivity index (χ1v) is 5.96. The minimum Gasteiger partial charge on any atom is -0.390 e. The van der Waals surface area contributed by atoms with E-state index >= 15 is 0 Å². The first-order valence-electron chi connectivity index (χ1n) is 5.13. The normalized spacial score (nSPS) is 17.8. The summed E-state index contributed by atoms with van der Waals surface area (Å²) in [5.41, 5.74) is 0. The van der Waals surface area contributed by atoms with E-state index in [0.717, 1.165) is 25.9 Å². The summed E-state index contributed by atoms with van der Waals surface area (Å²) in [6, 6.07) is 1.70. The Kier molecular flexibility index (Phi) is 3.20. The fourth-order valence-corrected chi connectivity index (χ4v) is 2.04. The summed E-state index contributed by atoms with van der Waals surface area (Å²) < 4.78 is 9.05. The summed E-state index contributed by atoms with van der Waals surface area (Å²) in [6.07, 6.45) is 1.85. The zero-order chi connectivity index (χ0) is 10.7. The Morgan fingerprint density at radius 1 is 1.60 bits per heavy atom. The molecule has 0 N–H and O–H groups in total. The van der Waals surface area contributed by atoms with E-state index in [4.69, 9.17) is 4.74 Å². The van der Waals surface area contributed by atoms with Gasteiger partial charge in [-0.15, -0.1) is 0 Å². The molecule has 1 saturated heterocycles. The number of carbonyl (C=O) groups excluding carboxylic acids is 1. The van der Waals surface area contributed by atoms with Gasteiger partial charge in [0.1, 0.15) is 0 Å². The Labute approximate surface area is 93.0 Å². The maximum absolute atomic E-state index is 11.6. The Morgan fingerprint density at radius 2 is 2.33 bits per heavy atom. The second-order valence-corrected chi connectivity index (χ2v) is 4.54. The van der Waals surface area contributed by atoms with E-state index in [-0.39, 0.29) is 6.09 Å². The molecule has 1 amide bonds. The van der Waals surface area contributed by atoms with E-state index < -0.39 is 0 Å². The van der Waals surface area contributed by atoms with Crippen LogP contribution in [0.15, 0.2) is 11.4 Å². The van der Waals surface area contributed by atoms with Crippen LogP contribution in [0.25, 0.3) is 0 Å². The second-order valence-electron chi connectivity index (χ2n) is 3.88. The molecule has 2 heterocycles. The number of amides is 1. The molecule has 1 aliphatic heterocycles. The van der Waals surface area contributed by atoms with Crippen LogP contribution in [-0.4, -0.2) is 28.5 Å². The number of carbonyl (C=O) groups is 1. The molecule has 0 radical (unpaired) electrons. The summed E-state index contributed by atoms with van der Waals surface area (Å²) >= 11 is 1.28. The smallest absolute Gasteiger partial charge is 0.390 e. The van der Waals surface area contributed by atoms with E-state index in [0.29, 0.717) is 11.8 Å². The maximum Gasteiger partial charge on any atom is 0.416 e. The lowest BCUT2D eigenvalue weighted by molar-refractivity contribution is 0.132. The number of piperidine rings is 1. The van der Waals surface area contributed by atoms with Crippen molar-refractivity contribution in [1.82, 2.24) is 9.27 Å². The first-order chi connectivity index (χ1) is 7.25. The van der Waals surface area contributed by atoms with E-state index in [9.17, 15) is 4.79 Å². The average molecular weight is 226 g/mol. The van der Waals surface area contributed by atoms with Crippen LogP contribution in [0.1, 0.15) is 19.8 Å². The van der Waals surface area contributed by atoms with E-state index in [1.165, 1.54) is 11.5 Å². The zero-order valence-corrected chi connectivity index (χ0v) is 9.50. The molecule has 0 unspecified atom stereocenters. The molecule has 0 aromatic carbocycles. The highest BCUT2D eigenvalue weighted by atomic mass is 32.1. The molecule has 1 fully saturated rings. The zero-order valence-electron chi connectivity index (χ0n) is 8.68. The minimum absolute atomic E-state index is 0.271. The fourth-order valence-electron chi connectivity index (χ4n) is 1.60. The molecule has 0 atom stereocenters. The number of hydrogen-bond donors (Lipinski definition) is 0. The van der Waals surface area contributed by atoms with Gasteiger partial charge in [-0.05, 0) is 30.3 Å². The predicted molar refractivity (Wildman–Crippen MR) is 58.1 cm³/mol.